The molecule has 20 heavy (non-hydrogen) atoms. The van der Waals surface area contributed by atoms with E-state index in [-0.39, 0.29) is 12.1 Å². The van der Waals surface area contributed by atoms with Crippen LogP contribution in [0.2, 0.25) is 0 Å². The van der Waals surface area contributed by atoms with Crippen molar-refractivity contribution in [2.24, 2.45) is 5.92 Å². The predicted octanol–water partition coefficient (Wildman–Crippen LogP) is 2.52. The minimum absolute atomic E-state index is 0.108. The van der Waals surface area contributed by atoms with E-state index in [4.69, 9.17) is 9.47 Å². The molecule has 3 atom stereocenters. The molecule has 1 aromatic carbocycles. The van der Waals surface area contributed by atoms with Crippen LogP contribution in [0.5, 0.6) is 11.5 Å². The zero-order valence-corrected chi connectivity index (χ0v) is 12.6. The lowest BCUT2D eigenvalue weighted by atomic mass is 10.0. The van der Waals surface area contributed by atoms with Crippen molar-refractivity contribution in [2.75, 3.05) is 20.8 Å². The summed E-state index contributed by atoms with van der Waals surface area (Å²) in [4.78, 5) is 0. The molecule has 0 aliphatic heterocycles. The molecular formula is C16H25NO3. The van der Waals surface area contributed by atoms with E-state index in [9.17, 15) is 5.11 Å². The predicted molar refractivity (Wildman–Crippen MR) is 79.3 cm³/mol. The van der Waals surface area contributed by atoms with E-state index in [1.54, 1.807) is 14.2 Å². The second-order valence-electron chi connectivity index (χ2n) is 5.57. The van der Waals surface area contributed by atoms with Gasteiger partial charge in [0.2, 0.25) is 0 Å². The van der Waals surface area contributed by atoms with E-state index in [0.717, 1.165) is 42.9 Å². The number of aliphatic hydroxyl groups excluding tert-OH is 1. The van der Waals surface area contributed by atoms with Crippen LogP contribution in [-0.4, -0.2) is 32.0 Å². The third kappa shape index (κ3) is 3.64. The van der Waals surface area contributed by atoms with Crippen molar-refractivity contribution in [3.63, 3.8) is 0 Å². The summed E-state index contributed by atoms with van der Waals surface area (Å²) in [7, 11) is 3.36. The fourth-order valence-electron chi connectivity index (χ4n) is 2.87. The summed E-state index contributed by atoms with van der Waals surface area (Å²) in [5, 5.41) is 13.1. The smallest absolute Gasteiger partial charge is 0.123 e. The van der Waals surface area contributed by atoms with E-state index in [1.165, 1.54) is 0 Å². The molecular weight excluding hydrogens is 254 g/mol. The van der Waals surface area contributed by atoms with Crippen LogP contribution in [0.3, 0.4) is 0 Å². The van der Waals surface area contributed by atoms with E-state index in [0.29, 0.717) is 5.92 Å². The standard InChI is InChI=1S/C16H25NO3/c1-11(17-10-12-4-5-13(18)8-12)15-9-14(19-2)6-7-16(15)20-3/h6-7,9,11-13,17-18H,4-5,8,10H2,1-3H3. The summed E-state index contributed by atoms with van der Waals surface area (Å²) >= 11 is 0. The Labute approximate surface area is 121 Å². The van der Waals surface area contributed by atoms with Crippen molar-refractivity contribution in [1.82, 2.24) is 5.32 Å². The van der Waals surface area contributed by atoms with Gasteiger partial charge in [-0.15, -0.1) is 0 Å². The van der Waals surface area contributed by atoms with Crippen LogP contribution in [0, 0.1) is 5.92 Å². The summed E-state index contributed by atoms with van der Waals surface area (Å²) in [6.07, 6.45) is 2.84. The van der Waals surface area contributed by atoms with E-state index < -0.39 is 0 Å². The third-order valence-corrected chi connectivity index (χ3v) is 4.13. The minimum Gasteiger partial charge on any atom is -0.497 e. The zero-order valence-electron chi connectivity index (χ0n) is 12.6. The lowest BCUT2D eigenvalue weighted by molar-refractivity contribution is 0.177. The maximum atomic E-state index is 9.57. The molecule has 4 nitrogen and oxygen atoms in total. The van der Waals surface area contributed by atoms with Crippen LogP contribution in [-0.2, 0) is 0 Å². The first-order valence-electron chi connectivity index (χ1n) is 7.27. The molecule has 1 saturated carbocycles. The van der Waals surface area contributed by atoms with Gasteiger partial charge < -0.3 is 19.9 Å². The Morgan fingerprint density at radius 2 is 2.10 bits per heavy atom. The fourth-order valence-corrected chi connectivity index (χ4v) is 2.87. The lowest BCUT2D eigenvalue weighted by Gasteiger charge is -2.20. The van der Waals surface area contributed by atoms with Crippen LogP contribution in [0.4, 0.5) is 0 Å². The van der Waals surface area contributed by atoms with Gasteiger partial charge in [-0.2, -0.15) is 0 Å². The van der Waals surface area contributed by atoms with Crippen molar-refractivity contribution in [3.8, 4) is 11.5 Å². The second kappa shape index (κ2) is 6.95. The van der Waals surface area contributed by atoms with Gasteiger partial charge in [0.1, 0.15) is 11.5 Å². The summed E-state index contributed by atoms with van der Waals surface area (Å²) in [5.74, 6) is 2.28. The molecule has 1 aliphatic carbocycles. The summed E-state index contributed by atoms with van der Waals surface area (Å²) in [6.45, 7) is 3.06. The molecule has 0 spiro atoms. The van der Waals surface area contributed by atoms with Gasteiger partial charge in [-0.3, -0.25) is 0 Å². The SMILES string of the molecule is COc1ccc(OC)c(C(C)NCC2CCC(O)C2)c1. The van der Waals surface area contributed by atoms with Crippen molar-refractivity contribution < 1.29 is 14.6 Å². The highest BCUT2D eigenvalue weighted by atomic mass is 16.5. The Balaban J connectivity index is 1.98. The van der Waals surface area contributed by atoms with E-state index in [1.807, 2.05) is 18.2 Å². The highest BCUT2D eigenvalue weighted by Crippen LogP contribution is 2.30. The average Bonchev–Trinajstić information content (AvgIpc) is 2.89. The maximum absolute atomic E-state index is 9.57. The van der Waals surface area contributed by atoms with Gasteiger partial charge in [0.25, 0.3) is 0 Å². The van der Waals surface area contributed by atoms with Gasteiger partial charge >= 0.3 is 0 Å². The van der Waals surface area contributed by atoms with Gasteiger partial charge in [0, 0.05) is 11.6 Å². The van der Waals surface area contributed by atoms with E-state index >= 15 is 0 Å². The van der Waals surface area contributed by atoms with Crippen LogP contribution < -0.4 is 14.8 Å². The van der Waals surface area contributed by atoms with Crippen molar-refractivity contribution in [2.45, 2.75) is 38.3 Å². The molecule has 0 saturated heterocycles. The van der Waals surface area contributed by atoms with Gasteiger partial charge in [0.05, 0.1) is 20.3 Å². The first-order valence-corrected chi connectivity index (χ1v) is 7.27. The first-order chi connectivity index (χ1) is 9.63. The molecule has 1 aromatic rings. The third-order valence-electron chi connectivity index (χ3n) is 4.13. The Kier molecular flexibility index (Phi) is 5.26. The zero-order chi connectivity index (χ0) is 14.5. The van der Waals surface area contributed by atoms with Gasteiger partial charge in [0.15, 0.2) is 0 Å². The Bertz CT molecular complexity index is 436. The molecule has 0 radical (unpaired) electrons. The van der Waals surface area contributed by atoms with E-state index in [2.05, 4.69) is 12.2 Å². The number of benzene rings is 1. The highest BCUT2D eigenvalue weighted by Gasteiger charge is 2.23. The largest absolute Gasteiger partial charge is 0.497 e. The molecule has 1 aliphatic rings. The number of ether oxygens (including phenoxy) is 2. The number of aliphatic hydroxyl groups is 1. The van der Waals surface area contributed by atoms with Crippen LogP contribution in [0.15, 0.2) is 18.2 Å². The molecule has 1 fully saturated rings. The fraction of sp³-hybridized carbons (Fsp3) is 0.625. The highest BCUT2D eigenvalue weighted by molar-refractivity contribution is 5.42. The monoisotopic (exact) mass is 279 g/mol. The Morgan fingerprint density at radius 3 is 2.70 bits per heavy atom. The Morgan fingerprint density at radius 1 is 1.30 bits per heavy atom. The number of hydrogen-bond acceptors (Lipinski definition) is 4. The molecule has 112 valence electrons. The normalized spacial score (nSPS) is 23.6. The molecule has 2 rings (SSSR count). The van der Waals surface area contributed by atoms with Crippen molar-refractivity contribution in [3.05, 3.63) is 23.8 Å². The molecule has 0 aromatic heterocycles. The van der Waals surface area contributed by atoms with Crippen LogP contribution >= 0.6 is 0 Å². The summed E-state index contributed by atoms with van der Waals surface area (Å²) in [6, 6.07) is 6.05. The van der Waals surface area contributed by atoms with Crippen molar-refractivity contribution >= 4 is 0 Å². The molecule has 0 amide bonds. The number of methoxy groups -OCH3 is 2. The number of rotatable bonds is 6. The average molecular weight is 279 g/mol. The molecule has 0 bridgehead atoms. The number of hydrogen-bond donors (Lipinski definition) is 2. The quantitative estimate of drug-likeness (QED) is 0.840. The number of nitrogens with one attached hydrogen (secondary N) is 1. The molecule has 2 N–H and O–H groups in total. The summed E-state index contributed by atoms with van der Waals surface area (Å²) < 4.78 is 10.7. The van der Waals surface area contributed by atoms with Gasteiger partial charge in [-0.05, 0) is 56.8 Å². The van der Waals surface area contributed by atoms with Gasteiger partial charge in [-0.25, -0.2) is 0 Å². The van der Waals surface area contributed by atoms with Crippen LogP contribution in [0.25, 0.3) is 0 Å². The lowest BCUT2D eigenvalue weighted by Crippen LogP contribution is -2.25. The topological polar surface area (TPSA) is 50.7 Å². The first kappa shape index (κ1) is 15.1. The minimum atomic E-state index is -0.108. The molecule has 3 unspecified atom stereocenters. The summed E-state index contributed by atoms with van der Waals surface area (Å²) in [5.41, 5.74) is 1.10. The maximum Gasteiger partial charge on any atom is 0.123 e. The van der Waals surface area contributed by atoms with Crippen molar-refractivity contribution in [1.29, 1.82) is 0 Å². The second-order valence-corrected chi connectivity index (χ2v) is 5.57. The van der Waals surface area contributed by atoms with Crippen LogP contribution in [0.1, 0.15) is 37.8 Å². The molecule has 4 heteroatoms. The van der Waals surface area contributed by atoms with Gasteiger partial charge in [-0.1, -0.05) is 0 Å². The molecule has 0 heterocycles. The Hall–Kier alpha value is -1.26.